The number of aliphatic imine (C=N–C) groups is 1. The van der Waals surface area contributed by atoms with E-state index in [0.29, 0.717) is 6.42 Å². The Balaban J connectivity index is 1.23. The van der Waals surface area contributed by atoms with Crippen LogP contribution in [0.1, 0.15) is 50.5 Å². The van der Waals surface area contributed by atoms with Gasteiger partial charge in [0.1, 0.15) is 0 Å². The van der Waals surface area contributed by atoms with Crippen molar-refractivity contribution in [2.45, 2.75) is 63.5 Å². The molecule has 4 nitrogen and oxygen atoms in total. The summed E-state index contributed by atoms with van der Waals surface area (Å²) in [6.07, 6.45) is 8.79. The van der Waals surface area contributed by atoms with Gasteiger partial charge < -0.3 is 10.2 Å². The van der Waals surface area contributed by atoms with Crippen LogP contribution in [0.4, 0.5) is 5.69 Å². The third-order valence-electron chi connectivity index (χ3n) is 7.35. The SMILES string of the molecule is Cc1ccc(NC(=O)CC2CSC(=NC34CC5CC(CC(C5)C3)C4)N2C)cc1. The number of benzene rings is 1. The lowest BCUT2D eigenvalue weighted by atomic mass is 9.53. The van der Waals surface area contributed by atoms with E-state index in [0.717, 1.165) is 29.2 Å². The second kappa shape index (κ2) is 7.08. The van der Waals surface area contributed by atoms with E-state index in [1.807, 2.05) is 36.0 Å². The molecule has 4 saturated carbocycles. The maximum Gasteiger partial charge on any atom is 0.226 e. The summed E-state index contributed by atoms with van der Waals surface area (Å²) in [5.74, 6) is 3.82. The molecule has 5 heteroatoms. The molecule has 150 valence electrons. The lowest BCUT2D eigenvalue weighted by molar-refractivity contribution is -0.116. The first-order valence-electron chi connectivity index (χ1n) is 10.8. The van der Waals surface area contributed by atoms with Gasteiger partial charge in [-0.25, -0.2) is 0 Å². The molecule has 0 aromatic heterocycles. The summed E-state index contributed by atoms with van der Waals surface area (Å²) in [4.78, 5) is 20.2. The van der Waals surface area contributed by atoms with Crippen LogP contribution in [0.3, 0.4) is 0 Å². The number of hydrogen-bond donors (Lipinski definition) is 1. The van der Waals surface area contributed by atoms with Crippen LogP contribution >= 0.6 is 11.8 Å². The lowest BCUT2D eigenvalue weighted by Gasteiger charge is -2.55. The first-order chi connectivity index (χ1) is 13.5. The number of anilines is 1. The van der Waals surface area contributed by atoms with Gasteiger partial charge in [-0.1, -0.05) is 29.5 Å². The average Bonchev–Trinajstić information content (AvgIpc) is 2.95. The standard InChI is InChI=1S/C23H31N3OS/c1-15-3-5-19(6-4-15)24-21(27)10-20-14-28-22(26(20)2)25-23-11-16-7-17(12-23)9-18(8-16)13-23/h3-6,16-18,20H,7-14H2,1-2H3,(H,24,27). The minimum atomic E-state index is 0.0948. The van der Waals surface area contributed by atoms with Crippen molar-refractivity contribution < 1.29 is 4.79 Å². The fourth-order valence-corrected chi connectivity index (χ4v) is 7.61. The Morgan fingerprint density at radius 2 is 1.75 bits per heavy atom. The van der Waals surface area contributed by atoms with Crippen molar-refractivity contribution in [3.05, 3.63) is 29.8 Å². The number of nitrogens with one attached hydrogen (secondary N) is 1. The molecule has 1 amide bonds. The molecule has 1 saturated heterocycles. The van der Waals surface area contributed by atoms with E-state index in [1.165, 1.54) is 49.3 Å². The predicted octanol–water partition coefficient (Wildman–Crippen LogP) is 4.70. The molecule has 28 heavy (non-hydrogen) atoms. The van der Waals surface area contributed by atoms with E-state index < -0.39 is 0 Å². The van der Waals surface area contributed by atoms with Gasteiger partial charge in [-0.15, -0.1) is 0 Å². The van der Waals surface area contributed by atoms with Crippen LogP contribution < -0.4 is 5.32 Å². The second-order valence-electron chi connectivity index (χ2n) is 9.73. The summed E-state index contributed by atoms with van der Waals surface area (Å²) in [5, 5.41) is 4.22. The molecule has 1 aliphatic heterocycles. The van der Waals surface area contributed by atoms with Crippen molar-refractivity contribution in [3.8, 4) is 0 Å². The van der Waals surface area contributed by atoms with Crippen LogP contribution in [-0.2, 0) is 4.79 Å². The van der Waals surface area contributed by atoms with Gasteiger partial charge in [0, 0.05) is 31.0 Å². The third kappa shape index (κ3) is 3.58. The molecule has 1 aromatic carbocycles. The van der Waals surface area contributed by atoms with E-state index in [9.17, 15) is 4.79 Å². The first-order valence-corrected chi connectivity index (χ1v) is 11.8. The van der Waals surface area contributed by atoms with Crippen LogP contribution in [0.5, 0.6) is 0 Å². The Morgan fingerprint density at radius 1 is 1.14 bits per heavy atom. The molecule has 0 spiro atoms. The highest BCUT2D eigenvalue weighted by atomic mass is 32.2. The van der Waals surface area contributed by atoms with Crippen LogP contribution in [0.25, 0.3) is 0 Å². The molecule has 1 N–H and O–H groups in total. The molecule has 1 atom stereocenters. The van der Waals surface area contributed by atoms with E-state index in [-0.39, 0.29) is 17.5 Å². The topological polar surface area (TPSA) is 44.7 Å². The fraction of sp³-hybridized carbons (Fsp3) is 0.652. The van der Waals surface area contributed by atoms with Crippen LogP contribution in [0, 0.1) is 24.7 Å². The maximum atomic E-state index is 12.5. The molecule has 4 bridgehead atoms. The number of carbonyl (C=O) groups excluding carboxylic acids is 1. The zero-order valence-corrected chi connectivity index (χ0v) is 17.8. The van der Waals surface area contributed by atoms with Gasteiger partial charge in [0.15, 0.2) is 5.17 Å². The number of nitrogens with zero attached hydrogens (tertiary/aromatic N) is 2. The zero-order chi connectivity index (χ0) is 19.3. The van der Waals surface area contributed by atoms with Gasteiger partial charge in [0.25, 0.3) is 0 Å². The molecule has 6 rings (SSSR count). The van der Waals surface area contributed by atoms with Gasteiger partial charge in [-0.3, -0.25) is 9.79 Å². The number of aryl methyl sites for hydroxylation is 1. The first kappa shape index (κ1) is 18.5. The summed E-state index contributed by atoms with van der Waals surface area (Å²) in [5.41, 5.74) is 2.30. The number of thioether (sulfide) groups is 1. The summed E-state index contributed by atoms with van der Waals surface area (Å²) >= 11 is 1.85. The van der Waals surface area contributed by atoms with E-state index in [2.05, 4.69) is 24.2 Å². The van der Waals surface area contributed by atoms with Crippen molar-refractivity contribution in [1.29, 1.82) is 0 Å². The molecule has 1 heterocycles. The fourth-order valence-electron chi connectivity index (χ4n) is 6.32. The summed E-state index contributed by atoms with van der Waals surface area (Å²) in [6, 6.07) is 8.25. The summed E-state index contributed by atoms with van der Waals surface area (Å²) < 4.78 is 0. The Kier molecular flexibility index (Phi) is 4.69. The summed E-state index contributed by atoms with van der Waals surface area (Å²) in [7, 11) is 2.13. The number of amidine groups is 1. The van der Waals surface area contributed by atoms with Crippen molar-refractivity contribution in [1.82, 2.24) is 4.90 Å². The highest BCUT2D eigenvalue weighted by molar-refractivity contribution is 8.14. The average molecular weight is 398 g/mol. The van der Waals surface area contributed by atoms with E-state index in [1.54, 1.807) is 0 Å². The van der Waals surface area contributed by atoms with Gasteiger partial charge in [-0.05, 0) is 75.3 Å². The Hall–Kier alpha value is -1.49. The predicted molar refractivity (Wildman–Crippen MR) is 117 cm³/mol. The van der Waals surface area contributed by atoms with Gasteiger partial charge >= 0.3 is 0 Å². The zero-order valence-electron chi connectivity index (χ0n) is 17.0. The lowest BCUT2D eigenvalue weighted by Crippen LogP contribution is -2.50. The molecule has 1 unspecified atom stereocenters. The third-order valence-corrected chi connectivity index (χ3v) is 8.54. The van der Waals surface area contributed by atoms with Crippen LogP contribution in [0.2, 0.25) is 0 Å². The summed E-state index contributed by atoms with van der Waals surface area (Å²) in [6.45, 7) is 2.06. The molecular weight excluding hydrogens is 366 g/mol. The highest BCUT2D eigenvalue weighted by Gasteiger charge is 2.51. The molecule has 1 aromatic rings. The van der Waals surface area contributed by atoms with Crippen molar-refractivity contribution in [2.75, 3.05) is 18.1 Å². The van der Waals surface area contributed by atoms with E-state index >= 15 is 0 Å². The maximum absolute atomic E-state index is 12.5. The van der Waals surface area contributed by atoms with Gasteiger partial charge in [0.2, 0.25) is 5.91 Å². The smallest absolute Gasteiger partial charge is 0.226 e. The van der Waals surface area contributed by atoms with Crippen molar-refractivity contribution >= 4 is 28.5 Å². The molecule has 0 radical (unpaired) electrons. The molecular formula is C23H31N3OS. The largest absolute Gasteiger partial charge is 0.350 e. The Bertz CT molecular complexity index is 752. The number of rotatable bonds is 4. The van der Waals surface area contributed by atoms with Crippen LogP contribution in [-0.4, -0.2) is 40.4 Å². The van der Waals surface area contributed by atoms with E-state index in [4.69, 9.17) is 4.99 Å². The van der Waals surface area contributed by atoms with Crippen LogP contribution in [0.15, 0.2) is 29.3 Å². The quantitative estimate of drug-likeness (QED) is 0.801. The van der Waals surface area contributed by atoms with Crippen molar-refractivity contribution in [2.24, 2.45) is 22.7 Å². The molecule has 5 fully saturated rings. The minimum absolute atomic E-state index is 0.0948. The Labute approximate surface area is 172 Å². The number of amides is 1. The number of carbonyl (C=O) groups is 1. The molecule has 4 aliphatic carbocycles. The number of hydrogen-bond acceptors (Lipinski definition) is 3. The molecule has 5 aliphatic rings. The Morgan fingerprint density at radius 3 is 2.36 bits per heavy atom. The van der Waals surface area contributed by atoms with Gasteiger partial charge in [-0.2, -0.15) is 0 Å². The minimum Gasteiger partial charge on any atom is -0.350 e. The monoisotopic (exact) mass is 397 g/mol. The van der Waals surface area contributed by atoms with Crippen molar-refractivity contribution in [3.63, 3.8) is 0 Å². The second-order valence-corrected chi connectivity index (χ2v) is 10.7. The highest BCUT2D eigenvalue weighted by Crippen LogP contribution is 2.57. The normalized spacial score (nSPS) is 37.6. The van der Waals surface area contributed by atoms with Gasteiger partial charge in [0.05, 0.1) is 5.54 Å².